The van der Waals surface area contributed by atoms with Crippen molar-refractivity contribution in [3.63, 3.8) is 0 Å². The van der Waals surface area contributed by atoms with Gasteiger partial charge in [-0.25, -0.2) is 18.4 Å². The Hall–Kier alpha value is -3.11. The number of nitrogens with zero attached hydrogens (tertiary/aromatic N) is 4. The van der Waals surface area contributed by atoms with E-state index in [0.29, 0.717) is 17.2 Å². The molecule has 2 N–H and O–H groups in total. The zero-order chi connectivity index (χ0) is 22.8. The Morgan fingerprint density at radius 1 is 1.19 bits per heavy atom. The van der Waals surface area contributed by atoms with Gasteiger partial charge < -0.3 is 10.2 Å². The number of nitrogens with two attached hydrogens (primary N) is 1. The Balaban J connectivity index is 1.97. The van der Waals surface area contributed by atoms with Gasteiger partial charge in [0.2, 0.25) is 0 Å². The van der Waals surface area contributed by atoms with Crippen LogP contribution >= 0.6 is 11.3 Å². The lowest BCUT2D eigenvalue weighted by Gasteiger charge is -2.09. The van der Waals surface area contributed by atoms with Crippen LogP contribution in [0.15, 0.2) is 60.8 Å². The molecule has 3 rings (SSSR count). The average Bonchev–Trinajstić information content (AvgIpc) is 3.40. The highest BCUT2D eigenvalue weighted by Crippen LogP contribution is 2.30. The number of sulfone groups is 1. The first kappa shape index (κ1) is 22.6. The number of aromatic nitrogens is 2. The number of hydrogen-bond donors (Lipinski definition) is 1. The standard InChI is InChI=1S/C21H23N5O3S2/c1-12(2)31(27,28)16-8-6-15(7-9-16)14(4)24-17(19(22)23-5)20-25-26-21(29-20)18-13(3)10-11-30-18/h6-12H,5,22H2,1-4H3/b19-17-,24-14+. The van der Waals surface area contributed by atoms with E-state index in [1.54, 1.807) is 45.0 Å². The number of aryl methyl sites for hydroxylation is 1. The smallest absolute Gasteiger partial charge is 0.270 e. The number of thiophene rings is 1. The van der Waals surface area contributed by atoms with E-state index < -0.39 is 15.1 Å². The Labute approximate surface area is 185 Å². The number of aliphatic imine (C=N–C) groups is 2. The zero-order valence-electron chi connectivity index (χ0n) is 17.7. The molecule has 0 amide bonds. The van der Waals surface area contributed by atoms with E-state index in [0.717, 1.165) is 10.4 Å². The Bertz CT molecular complexity index is 1270. The molecule has 31 heavy (non-hydrogen) atoms. The monoisotopic (exact) mass is 457 g/mol. The Morgan fingerprint density at radius 3 is 2.42 bits per heavy atom. The lowest BCUT2D eigenvalue weighted by Crippen LogP contribution is -2.14. The minimum Gasteiger partial charge on any atom is -0.414 e. The molecule has 0 bridgehead atoms. The van der Waals surface area contributed by atoms with Gasteiger partial charge >= 0.3 is 0 Å². The second kappa shape index (κ2) is 8.94. The maximum absolute atomic E-state index is 12.3. The molecular weight excluding hydrogens is 434 g/mol. The van der Waals surface area contributed by atoms with E-state index in [1.165, 1.54) is 11.3 Å². The summed E-state index contributed by atoms with van der Waals surface area (Å²) < 4.78 is 30.5. The van der Waals surface area contributed by atoms with Gasteiger partial charge in [0.25, 0.3) is 11.8 Å². The molecule has 0 unspecified atom stereocenters. The highest BCUT2D eigenvalue weighted by molar-refractivity contribution is 7.92. The first-order valence-corrected chi connectivity index (χ1v) is 11.8. The van der Waals surface area contributed by atoms with Gasteiger partial charge in [0.15, 0.2) is 21.4 Å². The van der Waals surface area contributed by atoms with Crippen LogP contribution in [-0.2, 0) is 9.84 Å². The number of benzene rings is 1. The molecule has 0 radical (unpaired) electrons. The largest absolute Gasteiger partial charge is 0.414 e. The third-order valence-corrected chi connectivity index (χ3v) is 7.77. The summed E-state index contributed by atoms with van der Waals surface area (Å²) in [5, 5.41) is 9.61. The van der Waals surface area contributed by atoms with Crippen LogP contribution < -0.4 is 5.73 Å². The highest BCUT2D eigenvalue weighted by atomic mass is 32.2. The quantitative estimate of drug-likeness (QED) is 0.533. The fraction of sp³-hybridized carbons (Fsp3) is 0.238. The van der Waals surface area contributed by atoms with Crippen molar-refractivity contribution in [3.05, 3.63) is 58.6 Å². The average molecular weight is 458 g/mol. The van der Waals surface area contributed by atoms with Gasteiger partial charge in [-0.2, -0.15) is 0 Å². The summed E-state index contributed by atoms with van der Waals surface area (Å²) >= 11 is 1.49. The van der Waals surface area contributed by atoms with Crippen LogP contribution in [0.25, 0.3) is 16.5 Å². The van der Waals surface area contributed by atoms with Crippen LogP contribution in [0.2, 0.25) is 0 Å². The lowest BCUT2D eigenvalue weighted by atomic mass is 10.1. The van der Waals surface area contributed by atoms with Crippen LogP contribution in [0.4, 0.5) is 0 Å². The van der Waals surface area contributed by atoms with Crippen molar-refractivity contribution >= 4 is 39.3 Å². The summed E-state index contributed by atoms with van der Waals surface area (Å²) in [6.07, 6.45) is 0. The molecule has 0 spiro atoms. The van der Waals surface area contributed by atoms with E-state index in [1.807, 2.05) is 18.4 Å². The predicted molar refractivity (Wildman–Crippen MR) is 124 cm³/mol. The van der Waals surface area contributed by atoms with Crippen molar-refractivity contribution < 1.29 is 12.8 Å². The van der Waals surface area contributed by atoms with Gasteiger partial charge in [0, 0.05) is 5.71 Å². The molecule has 0 aliphatic rings. The summed E-state index contributed by atoms with van der Waals surface area (Å²) in [5.74, 6) is 0.524. The number of hydrogen-bond acceptors (Lipinski definition) is 9. The second-order valence-corrected chi connectivity index (χ2v) is 10.5. The summed E-state index contributed by atoms with van der Waals surface area (Å²) in [7, 11) is -3.35. The normalized spacial score (nSPS) is 13.4. The van der Waals surface area contributed by atoms with E-state index in [4.69, 9.17) is 10.2 Å². The SMILES string of the molecule is C=N/C(N)=C(\N=C(/C)c1ccc(S(=O)(=O)C(C)C)cc1)c1nnc(-c2sccc2C)o1. The van der Waals surface area contributed by atoms with Crippen LogP contribution in [-0.4, -0.2) is 36.3 Å². The molecule has 2 aromatic heterocycles. The first-order chi connectivity index (χ1) is 14.6. The maximum Gasteiger partial charge on any atom is 0.270 e. The molecule has 0 atom stereocenters. The minimum absolute atomic E-state index is 0.0384. The van der Waals surface area contributed by atoms with Gasteiger partial charge in [0.1, 0.15) is 0 Å². The molecule has 2 heterocycles. The van der Waals surface area contributed by atoms with Gasteiger partial charge in [-0.1, -0.05) is 12.1 Å². The van der Waals surface area contributed by atoms with Crippen LogP contribution in [0.5, 0.6) is 0 Å². The van der Waals surface area contributed by atoms with Crippen molar-refractivity contribution in [2.24, 2.45) is 15.7 Å². The van der Waals surface area contributed by atoms with Crippen molar-refractivity contribution in [1.29, 1.82) is 0 Å². The van der Waals surface area contributed by atoms with Crippen molar-refractivity contribution in [3.8, 4) is 10.8 Å². The highest BCUT2D eigenvalue weighted by Gasteiger charge is 2.20. The topological polar surface area (TPSA) is 124 Å². The Morgan fingerprint density at radius 2 is 1.87 bits per heavy atom. The molecule has 0 aliphatic carbocycles. The molecule has 162 valence electrons. The fourth-order valence-electron chi connectivity index (χ4n) is 2.68. The molecular formula is C21H23N5O3S2. The molecule has 8 nitrogen and oxygen atoms in total. The number of rotatable bonds is 7. The first-order valence-electron chi connectivity index (χ1n) is 9.39. The fourth-order valence-corrected chi connectivity index (χ4v) is 4.59. The van der Waals surface area contributed by atoms with Gasteiger partial charge in [-0.15, -0.1) is 21.5 Å². The molecule has 0 fully saturated rings. The van der Waals surface area contributed by atoms with Crippen LogP contribution in [0.3, 0.4) is 0 Å². The van der Waals surface area contributed by atoms with E-state index in [2.05, 4.69) is 26.9 Å². The molecule has 3 aromatic rings. The van der Waals surface area contributed by atoms with Crippen molar-refractivity contribution in [1.82, 2.24) is 10.2 Å². The minimum atomic E-state index is -3.35. The van der Waals surface area contributed by atoms with Gasteiger partial charge in [-0.3, -0.25) is 0 Å². The van der Waals surface area contributed by atoms with Crippen molar-refractivity contribution in [2.75, 3.05) is 0 Å². The second-order valence-electron chi connectivity index (χ2n) is 7.05. The summed E-state index contributed by atoms with van der Waals surface area (Å²) in [6, 6.07) is 8.47. The van der Waals surface area contributed by atoms with E-state index >= 15 is 0 Å². The zero-order valence-corrected chi connectivity index (χ0v) is 19.3. The van der Waals surface area contributed by atoms with E-state index in [-0.39, 0.29) is 22.3 Å². The molecule has 0 saturated heterocycles. The van der Waals surface area contributed by atoms with Gasteiger partial charge in [0.05, 0.1) is 15.0 Å². The summed E-state index contributed by atoms with van der Waals surface area (Å²) in [5.41, 5.74) is 8.49. The molecule has 0 aliphatic heterocycles. The van der Waals surface area contributed by atoms with Gasteiger partial charge in [-0.05, 0) is 69.1 Å². The third kappa shape index (κ3) is 4.64. The predicted octanol–water partition coefficient (Wildman–Crippen LogP) is 4.08. The van der Waals surface area contributed by atoms with Crippen LogP contribution in [0, 0.1) is 6.92 Å². The molecule has 1 aromatic carbocycles. The third-order valence-electron chi connectivity index (χ3n) is 4.60. The maximum atomic E-state index is 12.3. The molecule has 10 heteroatoms. The molecule has 0 saturated carbocycles. The summed E-state index contributed by atoms with van der Waals surface area (Å²) in [4.78, 5) is 9.42. The van der Waals surface area contributed by atoms with Crippen LogP contribution in [0.1, 0.15) is 37.8 Å². The van der Waals surface area contributed by atoms with E-state index in [9.17, 15) is 8.42 Å². The Kier molecular flexibility index (Phi) is 6.51. The van der Waals surface area contributed by atoms with Crippen molar-refractivity contribution in [2.45, 2.75) is 37.8 Å². The summed E-state index contributed by atoms with van der Waals surface area (Å²) in [6.45, 7) is 10.5. The lowest BCUT2D eigenvalue weighted by molar-refractivity contribution is 0.552.